The Balaban J connectivity index is 2.02. The largest absolute Gasteiger partial charge is 0.313 e. The molecule has 2 rings (SSSR count). The predicted molar refractivity (Wildman–Crippen MR) is 78.0 cm³/mol. The summed E-state index contributed by atoms with van der Waals surface area (Å²) in [5.74, 6) is 0. The second-order valence-corrected chi connectivity index (χ2v) is 4.79. The van der Waals surface area contributed by atoms with Crippen LogP contribution in [0.2, 0.25) is 5.02 Å². The molecule has 1 nitrogen and oxygen atoms in total. The van der Waals surface area contributed by atoms with E-state index in [-0.39, 0.29) is 0 Å². The molecule has 2 aromatic rings. The second-order valence-electron chi connectivity index (χ2n) is 4.38. The zero-order chi connectivity index (χ0) is 12.8. The third-order valence-corrected chi connectivity index (χ3v) is 3.58. The molecule has 2 aromatic carbocycles. The van der Waals surface area contributed by atoms with Crippen LogP contribution >= 0.6 is 11.6 Å². The van der Waals surface area contributed by atoms with Crippen LogP contribution in [0.25, 0.3) is 0 Å². The number of aryl methyl sites for hydroxylation is 1. The molecular formula is C16H18ClN. The summed E-state index contributed by atoms with van der Waals surface area (Å²) in [4.78, 5) is 0. The van der Waals surface area contributed by atoms with Gasteiger partial charge in [-0.15, -0.1) is 0 Å². The molecule has 0 radical (unpaired) electrons. The molecule has 0 amide bonds. The summed E-state index contributed by atoms with van der Waals surface area (Å²) in [6, 6.07) is 19.0. The van der Waals surface area contributed by atoms with Gasteiger partial charge in [0.25, 0.3) is 0 Å². The first-order valence-electron chi connectivity index (χ1n) is 6.27. The third kappa shape index (κ3) is 3.34. The molecule has 0 aromatic heterocycles. The van der Waals surface area contributed by atoms with E-state index in [1.165, 1.54) is 11.1 Å². The molecule has 2 heteroatoms. The van der Waals surface area contributed by atoms with Crippen LogP contribution < -0.4 is 5.32 Å². The van der Waals surface area contributed by atoms with Crippen molar-refractivity contribution in [2.75, 3.05) is 7.05 Å². The second kappa shape index (κ2) is 6.58. The van der Waals surface area contributed by atoms with Gasteiger partial charge in [0.05, 0.1) is 0 Å². The molecular weight excluding hydrogens is 242 g/mol. The minimum absolute atomic E-state index is 0.377. The van der Waals surface area contributed by atoms with E-state index in [0.29, 0.717) is 6.04 Å². The van der Waals surface area contributed by atoms with Gasteiger partial charge in [-0.05, 0) is 37.1 Å². The number of nitrogens with one attached hydrogen (secondary N) is 1. The summed E-state index contributed by atoms with van der Waals surface area (Å²) in [6.07, 6.45) is 2.03. The molecule has 0 heterocycles. The molecule has 0 aliphatic rings. The Kier molecular flexibility index (Phi) is 4.80. The molecule has 0 saturated carbocycles. The first-order valence-corrected chi connectivity index (χ1v) is 6.64. The molecule has 0 saturated heterocycles. The molecule has 18 heavy (non-hydrogen) atoms. The Morgan fingerprint density at radius 2 is 1.67 bits per heavy atom. The minimum Gasteiger partial charge on any atom is -0.313 e. The van der Waals surface area contributed by atoms with E-state index in [2.05, 4.69) is 35.6 Å². The third-order valence-electron chi connectivity index (χ3n) is 3.21. The summed E-state index contributed by atoms with van der Waals surface area (Å²) in [5.41, 5.74) is 2.54. The van der Waals surface area contributed by atoms with Crippen molar-refractivity contribution in [1.29, 1.82) is 0 Å². The van der Waals surface area contributed by atoms with Gasteiger partial charge < -0.3 is 5.32 Å². The van der Waals surface area contributed by atoms with Crippen LogP contribution in [-0.4, -0.2) is 7.05 Å². The highest BCUT2D eigenvalue weighted by Gasteiger charge is 2.09. The molecule has 1 atom stereocenters. The molecule has 94 valence electrons. The van der Waals surface area contributed by atoms with Crippen LogP contribution in [-0.2, 0) is 6.42 Å². The highest BCUT2D eigenvalue weighted by atomic mass is 35.5. The number of halogens is 1. The summed E-state index contributed by atoms with van der Waals surface area (Å²) >= 11 is 6.18. The topological polar surface area (TPSA) is 12.0 Å². The van der Waals surface area contributed by atoms with Gasteiger partial charge in [-0.3, -0.25) is 0 Å². The Labute approximate surface area is 114 Å². The van der Waals surface area contributed by atoms with E-state index in [4.69, 9.17) is 11.6 Å². The van der Waals surface area contributed by atoms with Crippen LogP contribution in [0, 0.1) is 0 Å². The van der Waals surface area contributed by atoms with Gasteiger partial charge in [0.1, 0.15) is 0 Å². The standard InChI is InChI=1S/C16H18ClN/c1-18-16(14-8-3-2-4-9-14)12-11-13-7-5-6-10-15(13)17/h2-10,16,18H,11-12H2,1H3. The Morgan fingerprint density at radius 1 is 1.00 bits per heavy atom. The summed E-state index contributed by atoms with van der Waals surface area (Å²) < 4.78 is 0. The first kappa shape index (κ1) is 13.1. The normalized spacial score (nSPS) is 12.3. The fourth-order valence-corrected chi connectivity index (χ4v) is 2.39. The molecule has 0 fully saturated rings. The van der Waals surface area contributed by atoms with Crippen molar-refractivity contribution in [3.05, 3.63) is 70.7 Å². The highest BCUT2D eigenvalue weighted by molar-refractivity contribution is 6.31. The van der Waals surface area contributed by atoms with Gasteiger partial charge in [-0.25, -0.2) is 0 Å². The van der Waals surface area contributed by atoms with E-state index in [0.717, 1.165) is 17.9 Å². The maximum atomic E-state index is 6.18. The number of hydrogen-bond donors (Lipinski definition) is 1. The molecule has 0 aliphatic heterocycles. The van der Waals surface area contributed by atoms with Crippen LogP contribution in [0.4, 0.5) is 0 Å². The van der Waals surface area contributed by atoms with Crippen molar-refractivity contribution >= 4 is 11.6 Å². The Morgan fingerprint density at radius 3 is 2.33 bits per heavy atom. The van der Waals surface area contributed by atoms with Gasteiger partial charge in [-0.1, -0.05) is 60.1 Å². The fourth-order valence-electron chi connectivity index (χ4n) is 2.16. The van der Waals surface area contributed by atoms with E-state index >= 15 is 0 Å². The van der Waals surface area contributed by atoms with Gasteiger partial charge in [0.2, 0.25) is 0 Å². The first-order chi connectivity index (χ1) is 8.81. The minimum atomic E-state index is 0.377. The van der Waals surface area contributed by atoms with E-state index in [1.54, 1.807) is 0 Å². The average Bonchev–Trinajstić information content (AvgIpc) is 2.42. The summed E-state index contributed by atoms with van der Waals surface area (Å²) in [7, 11) is 2.00. The zero-order valence-electron chi connectivity index (χ0n) is 10.6. The lowest BCUT2D eigenvalue weighted by Crippen LogP contribution is -2.17. The lowest BCUT2D eigenvalue weighted by atomic mass is 9.99. The fraction of sp³-hybridized carbons (Fsp3) is 0.250. The zero-order valence-corrected chi connectivity index (χ0v) is 11.3. The molecule has 0 spiro atoms. The van der Waals surface area contributed by atoms with Crippen molar-refractivity contribution < 1.29 is 0 Å². The lowest BCUT2D eigenvalue weighted by Gasteiger charge is -2.16. The maximum Gasteiger partial charge on any atom is 0.0437 e. The number of benzene rings is 2. The molecule has 1 N–H and O–H groups in total. The summed E-state index contributed by atoms with van der Waals surface area (Å²) in [6.45, 7) is 0. The molecule has 0 bridgehead atoms. The Hall–Kier alpha value is -1.31. The van der Waals surface area contributed by atoms with Crippen molar-refractivity contribution in [1.82, 2.24) is 5.32 Å². The van der Waals surface area contributed by atoms with Gasteiger partial charge in [-0.2, -0.15) is 0 Å². The van der Waals surface area contributed by atoms with Crippen LogP contribution in [0.1, 0.15) is 23.6 Å². The monoisotopic (exact) mass is 259 g/mol. The molecule has 0 aliphatic carbocycles. The lowest BCUT2D eigenvalue weighted by molar-refractivity contribution is 0.549. The maximum absolute atomic E-state index is 6.18. The predicted octanol–water partition coefficient (Wildman–Crippen LogP) is 4.23. The van der Waals surface area contributed by atoms with E-state index < -0.39 is 0 Å². The van der Waals surface area contributed by atoms with E-state index in [9.17, 15) is 0 Å². The van der Waals surface area contributed by atoms with Gasteiger partial charge in [0, 0.05) is 11.1 Å². The van der Waals surface area contributed by atoms with Crippen molar-refractivity contribution in [3.8, 4) is 0 Å². The van der Waals surface area contributed by atoms with Crippen molar-refractivity contribution in [2.45, 2.75) is 18.9 Å². The smallest absolute Gasteiger partial charge is 0.0437 e. The molecule has 1 unspecified atom stereocenters. The highest BCUT2D eigenvalue weighted by Crippen LogP contribution is 2.22. The average molecular weight is 260 g/mol. The van der Waals surface area contributed by atoms with Crippen LogP contribution in [0.5, 0.6) is 0 Å². The number of hydrogen-bond acceptors (Lipinski definition) is 1. The summed E-state index contributed by atoms with van der Waals surface area (Å²) in [5, 5.41) is 4.23. The van der Waals surface area contributed by atoms with Gasteiger partial charge in [0.15, 0.2) is 0 Å². The van der Waals surface area contributed by atoms with Crippen LogP contribution in [0.15, 0.2) is 54.6 Å². The SMILES string of the molecule is CNC(CCc1ccccc1Cl)c1ccccc1. The van der Waals surface area contributed by atoms with Crippen molar-refractivity contribution in [3.63, 3.8) is 0 Å². The van der Waals surface area contributed by atoms with E-state index in [1.807, 2.05) is 31.3 Å². The van der Waals surface area contributed by atoms with Gasteiger partial charge >= 0.3 is 0 Å². The quantitative estimate of drug-likeness (QED) is 0.847. The Bertz CT molecular complexity index is 481. The number of rotatable bonds is 5. The van der Waals surface area contributed by atoms with Crippen LogP contribution in [0.3, 0.4) is 0 Å². The van der Waals surface area contributed by atoms with Crippen molar-refractivity contribution in [2.24, 2.45) is 0 Å².